The van der Waals surface area contributed by atoms with Gasteiger partial charge in [-0.25, -0.2) is 8.42 Å². The van der Waals surface area contributed by atoms with Gasteiger partial charge in [0.15, 0.2) is 0 Å². The fourth-order valence-electron chi connectivity index (χ4n) is 1.67. The number of hydrogen-bond acceptors (Lipinski definition) is 4. The summed E-state index contributed by atoms with van der Waals surface area (Å²) in [5.41, 5.74) is 0. The van der Waals surface area contributed by atoms with Crippen molar-refractivity contribution in [2.24, 2.45) is 0 Å². The molecule has 0 aromatic heterocycles. The lowest BCUT2D eigenvalue weighted by Crippen LogP contribution is -2.29. The van der Waals surface area contributed by atoms with Crippen molar-refractivity contribution in [2.75, 3.05) is 13.1 Å². The smallest absolute Gasteiger partial charge is 0.243 e. The minimum atomic E-state index is -3.59. The van der Waals surface area contributed by atoms with Crippen molar-refractivity contribution < 1.29 is 18.6 Å². The fraction of sp³-hybridized carbons (Fsp3) is 0.400. The molecule has 1 aromatic rings. The summed E-state index contributed by atoms with van der Waals surface area (Å²) in [6.45, 7) is -0.114. The second-order valence-electron chi connectivity index (χ2n) is 3.77. The Hall–Kier alpha value is -0.950. The molecule has 2 N–H and O–H groups in total. The minimum Gasteiger partial charge on any atom is -0.389 e. The van der Waals surface area contributed by atoms with Gasteiger partial charge in [0.05, 0.1) is 17.1 Å². The van der Waals surface area contributed by atoms with Crippen LogP contribution in [-0.2, 0) is 10.0 Å². The lowest BCUT2D eigenvalue weighted by molar-refractivity contribution is 0.0572. The van der Waals surface area contributed by atoms with Gasteiger partial charge in [-0.3, -0.25) is 0 Å². The molecule has 1 fully saturated rings. The van der Waals surface area contributed by atoms with Crippen LogP contribution in [0.2, 0.25) is 0 Å². The van der Waals surface area contributed by atoms with Crippen LogP contribution >= 0.6 is 0 Å². The summed E-state index contributed by atoms with van der Waals surface area (Å²) in [5, 5.41) is 18.6. The molecule has 0 amide bonds. The molecule has 88 valence electrons. The highest BCUT2D eigenvalue weighted by Gasteiger charge is 2.37. The van der Waals surface area contributed by atoms with Gasteiger partial charge >= 0.3 is 0 Å². The third kappa shape index (κ3) is 1.97. The van der Waals surface area contributed by atoms with Crippen molar-refractivity contribution in [1.29, 1.82) is 0 Å². The average Bonchev–Trinajstić information content (AvgIpc) is 2.61. The third-order valence-corrected chi connectivity index (χ3v) is 4.45. The van der Waals surface area contributed by atoms with E-state index in [1.807, 2.05) is 0 Å². The molecule has 0 bridgehead atoms. The Morgan fingerprint density at radius 1 is 1.06 bits per heavy atom. The van der Waals surface area contributed by atoms with Crippen molar-refractivity contribution in [3.63, 3.8) is 0 Å². The van der Waals surface area contributed by atoms with E-state index in [2.05, 4.69) is 0 Å². The van der Waals surface area contributed by atoms with E-state index in [4.69, 9.17) is 0 Å². The van der Waals surface area contributed by atoms with Gasteiger partial charge in [-0.15, -0.1) is 0 Å². The summed E-state index contributed by atoms with van der Waals surface area (Å²) in [6.07, 6.45) is -2.00. The van der Waals surface area contributed by atoms with Crippen LogP contribution in [0.1, 0.15) is 0 Å². The maximum Gasteiger partial charge on any atom is 0.243 e. The average molecular weight is 243 g/mol. The highest BCUT2D eigenvalue weighted by molar-refractivity contribution is 7.89. The van der Waals surface area contributed by atoms with Gasteiger partial charge in [0.1, 0.15) is 0 Å². The number of β-amino-alcohol motifs (C(OH)–C–C–N with tert-alkyl or cyclic N) is 2. The largest absolute Gasteiger partial charge is 0.389 e. The molecule has 1 aliphatic heterocycles. The molecule has 1 saturated heterocycles. The molecular weight excluding hydrogens is 230 g/mol. The summed E-state index contributed by atoms with van der Waals surface area (Å²) >= 11 is 0. The summed E-state index contributed by atoms with van der Waals surface area (Å²) in [4.78, 5) is 0.177. The van der Waals surface area contributed by atoms with Gasteiger partial charge in [0.25, 0.3) is 0 Å². The summed E-state index contributed by atoms with van der Waals surface area (Å²) in [7, 11) is -3.59. The molecule has 2 atom stereocenters. The Labute approximate surface area is 94.0 Å². The first-order chi connectivity index (χ1) is 7.51. The number of rotatable bonds is 2. The molecule has 0 saturated carbocycles. The first-order valence-corrected chi connectivity index (χ1v) is 6.37. The standard InChI is InChI=1S/C10H13NO4S/c12-9-6-11(7-10(9)13)16(14,15)8-4-2-1-3-5-8/h1-5,9-10,12-13H,6-7H2/t9-,10+. The fourth-order valence-corrected chi connectivity index (χ4v) is 3.17. The molecule has 2 rings (SSSR count). The van der Waals surface area contributed by atoms with Crippen molar-refractivity contribution in [3.05, 3.63) is 30.3 Å². The van der Waals surface area contributed by atoms with Crippen LogP contribution in [0.4, 0.5) is 0 Å². The minimum absolute atomic E-state index is 0.0571. The van der Waals surface area contributed by atoms with Crippen molar-refractivity contribution in [1.82, 2.24) is 4.31 Å². The molecule has 0 unspecified atom stereocenters. The van der Waals surface area contributed by atoms with Gasteiger partial charge in [-0.2, -0.15) is 4.31 Å². The van der Waals surface area contributed by atoms with Crippen LogP contribution in [0.15, 0.2) is 35.2 Å². The normalized spacial score (nSPS) is 27.1. The molecule has 1 aliphatic rings. The van der Waals surface area contributed by atoms with E-state index in [0.717, 1.165) is 4.31 Å². The van der Waals surface area contributed by atoms with Crippen molar-refractivity contribution >= 4 is 10.0 Å². The van der Waals surface area contributed by atoms with Crippen LogP contribution < -0.4 is 0 Å². The topological polar surface area (TPSA) is 77.8 Å². The van der Waals surface area contributed by atoms with Gasteiger partial charge in [0.2, 0.25) is 10.0 Å². The molecular formula is C10H13NO4S. The van der Waals surface area contributed by atoms with E-state index >= 15 is 0 Å². The first-order valence-electron chi connectivity index (χ1n) is 4.93. The zero-order valence-corrected chi connectivity index (χ0v) is 9.34. The van der Waals surface area contributed by atoms with Gasteiger partial charge < -0.3 is 10.2 Å². The number of sulfonamides is 1. The van der Waals surface area contributed by atoms with Gasteiger partial charge in [-0.1, -0.05) is 18.2 Å². The maximum atomic E-state index is 12.0. The summed E-state index contributed by atoms with van der Waals surface area (Å²) < 4.78 is 25.2. The van der Waals surface area contributed by atoms with Crippen LogP contribution in [-0.4, -0.2) is 48.2 Å². The molecule has 16 heavy (non-hydrogen) atoms. The maximum absolute atomic E-state index is 12.0. The third-order valence-electron chi connectivity index (χ3n) is 2.61. The SMILES string of the molecule is O=S(=O)(c1ccccc1)N1C[C@@H](O)[C@@H](O)C1. The molecule has 6 heteroatoms. The number of aliphatic hydroxyl groups excluding tert-OH is 2. The molecule has 0 spiro atoms. The number of aliphatic hydroxyl groups is 2. The van der Waals surface area contributed by atoms with E-state index in [1.54, 1.807) is 18.2 Å². The van der Waals surface area contributed by atoms with Crippen LogP contribution in [0.3, 0.4) is 0 Å². The van der Waals surface area contributed by atoms with E-state index in [1.165, 1.54) is 12.1 Å². The number of nitrogens with zero attached hydrogens (tertiary/aromatic N) is 1. The monoisotopic (exact) mass is 243 g/mol. The quantitative estimate of drug-likeness (QED) is 0.728. The Kier molecular flexibility index (Phi) is 2.98. The van der Waals surface area contributed by atoms with E-state index in [-0.39, 0.29) is 18.0 Å². The van der Waals surface area contributed by atoms with E-state index < -0.39 is 22.2 Å². The number of hydrogen-bond donors (Lipinski definition) is 2. The molecule has 1 heterocycles. The molecule has 0 aliphatic carbocycles. The second kappa shape index (κ2) is 4.14. The van der Waals surface area contributed by atoms with Gasteiger partial charge in [-0.05, 0) is 12.1 Å². The molecule has 1 aromatic carbocycles. The predicted octanol–water partition coefficient (Wildman–Crippen LogP) is -0.587. The Bertz CT molecular complexity index is 449. The Morgan fingerprint density at radius 2 is 1.56 bits per heavy atom. The lowest BCUT2D eigenvalue weighted by Gasteiger charge is -2.15. The zero-order chi connectivity index (χ0) is 11.8. The summed E-state index contributed by atoms with van der Waals surface area (Å²) in [5.74, 6) is 0. The highest BCUT2D eigenvalue weighted by Crippen LogP contribution is 2.20. The zero-order valence-electron chi connectivity index (χ0n) is 8.52. The molecule has 0 radical (unpaired) electrons. The van der Waals surface area contributed by atoms with Crippen LogP contribution in [0.5, 0.6) is 0 Å². The van der Waals surface area contributed by atoms with E-state index in [9.17, 15) is 18.6 Å². The summed E-state index contributed by atoms with van der Waals surface area (Å²) in [6, 6.07) is 7.98. The Morgan fingerprint density at radius 3 is 2.06 bits per heavy atom. The van der Waals surface area contributed by atoms with Crippen molar-refractivity contribution in [3.8, 4) is 0 Å². The highest BCUT2D eigenvalue weighted by atomic mass is 32.2. The lowest BCUT2D eigenvalue weighted by atomic mass is 10.3. The van der Waals surface area contributed by atoms with E-state index in [0.29, 0.717) is 0 Å². The van der Waals surface area contributed by atoms with Crippen molar-refractivity contribution in [2.45, 2.75) is 17.1 Å². The predicted molar refractivity (Wildman–Crippen MR) is 57.2 cm³/mol. The first kappa shape index (κ1) is 11.5. The van der Waals surface area contributed by atoms with Gasteiger partial charge in [0, 0.05) is 13.1 Å². The van der Waals surface area contributed by atoms with Crippen LogP contribution in [0, 0.1) is 0 Å². The van der Waals surface area contributed by atoms with Crippen LogP contribution in [0.25, 0.3) is 0 Å². The second-order valence-corrected chi connectivity index (χ2v) is 5.71. The number of benzene rings is 1. The Balaban J connectivity index is 2.28. The molecule has 5 nitrogen and oxygen atoms in total.